The van der Waals surface area contributed by atoms with Crippen molar-refractivity contribution in [2.75, 3.05) is 25.1 Å². The summed E-state index contributed by atoms with van der Waals surface area (Å²) in [6, 6.07) is 18.3. The van der Waals surface area contributed by atoms with Crippen molar-refractivity contribution >= 4 is 23.1 Å². The SMILES string of the molecule is COc1ccc(N2CCC(NC(=O)NCc3nc(-c4ccccc4)cs3)CC2)cc1. The molecule has 0 spiro atoms. The van der Waals surface area contributed by atoms with E-state index in [0.29, 0.717) is 6.54 Å². The highest BCUT2D eigenvalue weighted by molar-refractivity contribution is 7.09. The zero-order chi connectivity index (χ0) is 20.8. The minimum Gasteiger partial charge on any atom is -0.497 e. The lowest BCUT2D eigenvalue weighted by atomic mass is 10.0. The maximum atomic E-state index is 12.3. The molecule has 1 aromatic heterocycles. The van der Waals surface area contributed by atoms with Crippen LogP contribution in [0.2, 0.25) is 0 Å². The second-order valence-electron chi connectivity index (χ2n) is 7.28. The van der Waals surface area contributed by atoms with Crippen molar-refractivity contribution in [3.05, 3.63) is 65.0 Å². The molecule has 1 aliphatic heterocycles. The zero-order valence-corrected chi connectivity index (χ0v) is 17.8. The maximum Gasteiger partial charge on any atom is 0.315 e. The van der Waals surface area contributed by atoms with Crippen LogP contribution in [-0.4, -0.2) is 37.3 Å². The summed E-state index contributed by atoms with van der Waals surface area (Å²) in [5, 5.41) is 8.96. The van der Waals surface area contributed by atoms with E-state index in [4.69, 9.17) is 4.74 Å². The minimum absolute atomic E-state index is 0.130. The lowest BCUT2D eigenvalue weighted by Gasteiger charge is -2.34. The van der Waals surface area contributed by atoms with Crippen molar-refractivity contribution in [1.82, 2.24) is 15.6 Å². The lowest BCUT2D eigenvalue weighted by molar-refractivity contribution is 0.234. The second kappa shape index (κ2) is 9.63. The highest BCUT2D eigenvalue weighted by atomic mass is 32.1. The Balaban J connectivity index is 1.21. The third kappa shape index (κ3) is 5.10. The molecule has 1 fully saturated rings. The average Bonchev–Trinajstić information content (AvgIpc) is 3.28. The van der Waals surface area contributed by atoms with Gasteiger partial charge in [0.15, 0.2) is 0 Å². The van der Waals surface area contributed by atoms with Crippen molar-refractivity contribution < 1.29 is 9.53 Å². The number of hydrogen-bond acceptors (Lipinski definition) is 5. The summed E-state index contributed by atoms with van der Waals surface area (Å²) in [5.41, 5.74) is 3.23. The molecule has 30 heavy (non-hydrogen) atoms. The van der Waals surface area contributed by atoms with Gasteiger partial charge in [0, 0.05) is 35.8 Å². The Hall–Kier alpha value is -3.06. The Morgan fingerprint density at radius 2 is 1.87 bits per heavy atom. The lowest BCUT2D eigenvalue weighted by Crippen LogP contribution is -2.47. The van der Waals surface area contributed by atoms with Crippen molar-refractivity contribution in [1.29, 1.82) is 0 Å². The molecule has 3 aromatic rings. The van der Waals surface area contributed by atoms with Gasteiger partial charge in [0.2, 0.25) is 0 Å². The molecule has 2 heterocycles. The highest BCUT2D eigenvalue weighted by Gasteiger charge is 2.21. The van der Waals surface area contributed by atoms with Gasteiger partial charge in [-0.2, -0.15) is 0 Å². The number of methoxy groups -OCH3 is 1. The number of amides is 2. The van der Waals surface area contributed by atoms with Crippen LogP contribution in [0, 0.1) is 0 Å². The number of piperidine rings is 1. The van der Waals surface area contributed by atoms with Gasteiger partial charge in [-0.3, -0.25) is 0 Å². The summed E-state index contributed by atoms with van der Waals surface area (Å²) < 4.78 is 5.22. The molecule has 156 valence electrons. The number of carbonyl (C=O) groups excluding carboxylic acids is 1. The minimum atomic E-state index is -0.130. The number of hydrogen-bond donors (Lipinski definition) is 2. The summed E-state index contributed by atoms with van der Waals surface area (Å²) in [5.74, 6) is 0.864. The van der Waals surface area contributed by atoms with Crippen molar-refractivity contribution in [2.45, 2.75) is 25.4 Å². The van der Waals surface area contributed by atoms with Crippen molar-refractivity contribution in [3.63, 3.8) is 0 Å². The molecule has 7 heteroatoms. The van der Waals surface area contributed by atoms with Crippen LogP contribution in [0.3, 0.4) is 0 Å². The average molecular weight is 423 g/mol. The fourth-order valence-corrected chi connectivity index (χ4v) is 4.34. The van der Waals surface area contributed by atoms with Gasteiger partial charge in [0.25, 0.3) is 0 Å². The number of aromatic nitrogens is 1. The van der Waals surface area contributed by atoms with Gasteiger partial charge in [-0.1, -0.05) is 30.3 Å². The molecule has 0 aliphatic carbocycles. The summed E-state index contributed by atoms with van der Waals surface area (Å²) in [4.78, 5) is 19.3. The van der Waals surface area contributed by atoms with E-state index in [-0.39, 0.29) is 12.1 Å². The molecule has 6 nitrogen and oxygen atoms in total. The normalized spacial score (nSPS) is 14.4. The summed E-state index contributed by atoms with van der Waals surface area (Å²) in [7, 11) is 1.67. The molecular formula is C23H26N4O2S. The molecule has 1 aliphatic rings. The van der Waals surface area contributed by atoms with Crippen LogP contribution in [0.15, 0.2) is 60.0 Å². The first kappa shape index (κ1) is 20.2. The zero-order valence-electron chi connectivity index (χ0n) is 17.0. The third-order valence-electron chi connectivity index (χ3n) is 5.29. The van der Waals surface area contributed by atoms with Gasteiger partial charge >= 0.3 is 6.03 Å². The van der Waals surface area contributed by atoms with Gasteiger partial charge in [0.1, 0.15) is 10.8 Å². The summed E-state index contributed by atoms with van der Waals surface area (Å²) >= 11 is 1.56. The Morgan fingerprint density at radius 3 is 2.57 bits per heavy atom. The molecule has 0 unspecified atom stereocenters. The number of rotatable bonds is 6. The molecule has 2 amide bonds. The molecule has 2 N–H and O–H groups in total. The van der Waals surface area contributed by atoms with Crippen LogP contribution in [0.1, 0.15) is 17.8 Å². The molecule has 0 saturated carbocycles. The Morgan fingerprint density at radius 1 is 1.13 bits per heavy atom. The van der Waals surface area contributed by atoms with Crippen LogP contribution in [-0.2, 0) is 6.54 Å². The van der Waals surface area contributed by atoms with Gasteiger partial charge < -0.3 is 20.3 Å². The van der Waals surface area contributed by atoms with E-state index in [1.807, 2.05) is 47.8 Å². The van der Waals surface area contributed by atoms with E-state index in [1.165, 1.54) is 5.69 Å². The highest BCUT2D eigenvalue weighted by Crippen LogP contribution is 2.23. The van der Waals surface area contributed by atoms with E-state index in [2.05, 4.69) is 32.7 Å². The third-order valence-corrected chi connectivity index (χ3v) is 6.14. The first-order valence-electron chi connectivity index (χ1n) is 10.1. The second-order valence-corrected chi connectivity index (χ2v) is 8.22. The van der Waals surface area contributed by atoms with Gasteiger partial charge in [-0.05, 0) is 37.1 Å². The number of benzene rings is 2. The molecule has 4 rings (SSSR count). The van der Waals surface area contributed by atoms with Crippen LogP contribution >= 0.6 is 11.3 Å². The van der Waals surface area contributed by atoms with Crippen LogP contribution in [0.4, 0.5) is 10.5 Å². The van der Waals surface area contributed by atoms with E-state index >= 15 is 0 Å². The van der Waals surface area contributed by atoms with E-state index in [0.717, 1.165) is 47.9 Å². The fraction of sp³-hybridized carbons (Fsp3) is 0.304. The van der Waals surface area contributed by atoms with E-state index < -0.39 is 0 Å². The number of thiazole rings is 1. The first-order valence-corrected chi connectivity index (χ1v) is 11.0. The number of anilines is 1. The van der Waals surface area contributed by atoms with Crippen molar-refractivity contribution in [3.8, 4) is 17.0 Å². The largest absolute Gasteiger partial charge is 0.497 e. The van der Waals surface area contributed by atoms with Gasteiger partial charge in [-0.15, -0.1) is 11.3 Å². The van der Waals surface area contributed by atoms with E-state index in [9.17, 15) is 4.79 Å². The van der Waals surface area contributed by atoms with Crippen LogP contribution in [0.5, 0.6) is 5.75 Å². The topological polar surface area (TPSA) is 66.5 Å². The number of carbonyl (C=O) groups is 1. The Bertz CT molecular complexity index is 951. The summed E-state index contributed by atoms with van der Waals surface area (Å²) in [6.45, 7) is 2.28. The summed E-state index contributed by atoms with van der Waals surface area (Å²) in [6.07, 6.45) is 1.85. The quantitative estimate of drug-likeness (QED) is 0.622. The molecule has 0 atom stereocenters. The molecular weight excluding hydrogens is 396 g/mol. The molecule has 1 saturated heterocycles. The number of ether oxygens (including phenoxy) is 1. The fourth-order valence-electron chi connectivity index (χ4n) is 3.60. The monoisotopic (exact) mass is 422 g/mol. The van der Waals surface area contributed by atoms with Crippen LogP contribution < -0.4 is 20.3 Å². The number of nitrogens with zero attached hydrogens (tertiary/aromatic N) is 2. The Labute approximate surface area is 180 Å². The maximum absolute atomic E-state index is 12.3. The molecule has 2 aromatic carbocycles. The first-order chi connectivity index (χ1) is 14.7. The smallest absolute Gasteiger partial charge is 0.315 e. The molecule has 0 bridgehead atoms. The number of urea groups is 1. The predicted molar refractivity (Wildman–Crippen MR) is 121 cm³/mol. The van der Waals surface area contributed by atoms with Crippen LogP contribution in [0.25, 0.3) is 11.3 Å². The number of nitrogens with one attached hydrogen (secondary N) is 2. The molecule has 0 radical (unpaired) electrons. The van der Waals surface area contributed by atoms with Gasteiger partial charge in [0.05, 0.1) is 19.3 Å². The standard InChI is InChI=1S/C23H26N4O2S/c1-29-20-9-7-19(8-10-20)27-13-11-18(12-14-27)25-23(28)24-15-22-26-21(16-30-22)17-5-3-2-4-6-17/h2-10,16,18H,11-15H2,1H3,(H2,24,25,28). The Kier molecular flexibility index (Phi) is 6.49. The predicted octanol–water partition coefficient (Wildman–Crippen LogP) is 4.29. The van der Waals surface area contributed by atoms with Gasteiger partial charge in [-0.25, -0.2) is 9.78 Å². The van der Waals surface area contributed by atoms with Crippen molar-refractivity contribution in [2.24, 2.45) is 0 Å². The van der Waals surface area contributed by atoms with E-state index in [1.54, 1.807) is 18.4 Å².